The molecule has 20 heavy (non-hydrogen) atoms. The molecule has 0 amide bonds. The van der Waals surface area contributed by atoms with E-state index in [9.17, 15) is 4.79 Å². The first kappa shape index (κ1) is 12.3. The zero-order valence-corrected chi connectivity index (χ0v) is 10.8. The molecule has 4 nitrogen and oxygen atoms in total. The predicted octanol–water partition coefficient (Wildman–Crippen LogP) is 3.48. The van der Waals surface area contributed by atoms with Gasteiger partial charge in [0.15, 0.2) is 0 Å². The first-order valence-electron chi connectivity index (χ1n) is 6.37. The smallest absolute Gasteiger partial charge is 0.337 e. The van der Waals surface area contributed by atoms with Crippen molar-refractivity contribution >= 4 is 22.6 Å². The minimum Gasteiger partial charge on any atom is -0.478 e. The second kappa shape index (κ2) is 5.09. The summed E-state index contributed by atoms with van der Waals surface area (Å²) in [5, 5.41) is 13.5. The van der Waals surface area contributed by atoms with Gasteiger partial charge in [-0.1, -0.05) is 30.3 Å². The molecule has 2 aromatic carbocycles. The van der Waals surface area contributed by atoms with Crippen molar-refractivity contribution in [1.29, 1.82) is 0 Å². The molecule has 0 fully saturated rings. The zero-order chi connectivity index (χ0) is 13.9. The fraction of sp³-hybridized carbons (Fsp3) is 0.0625. The van der Waals surface area contributed by atoms with Gasteiger partial charge < -0.3 is 15.4 Å². The normalized spacial score (nSPS) is 10.6. The molecule has 0 aliphatic rings. The molecule has 0 bridgehead atoms. The van der Waals surface area contributed by atoms with E-state index in [2.05, 4.69) is 10.3 Å². The Hall–Kier alpha value is -2.75. The number of aromatic amines is 1. The van der Waals surface area contributed by atoms with Crippen LogP contribution in [0.25, 0.3) is 10.9 Å². The van der Waals surface area contributed by atoms with Crippen LogP contribution in [-0.4, -0.2) is 16.1 Å². The molecule has 4 heteroatoms. The molecule has 1 aromatic heterocycles. The summed E-state index contributed by atoms with van der Waals surface area (Å²) in [5.74, 6) is -0.924. The highest BCUT2D eigenvalue weighted by molar-refractivity contribution is 5.94. The number of hydrogen-bond donors (Lipinski definition) is 3. The Morgan fingerprint density at radius 3 is 2.70 bits per heavy atom. The van der Waals surface area contributed by atoms with E-state index in [4.69, 9.17) is 5.11 Å². The number of nitrogens with one attached hydrogen (secondary N) is 2. The number of aromatic carboxylic acids is 1. The summed E-state index contributed by atoms with van der Waals surface area (Å²) in [4.78, 5) is 14.4. The quantitative estimate of drug-likeness (QED) is 0.677. The van der Waals surface area contributed by atoms with Crippen molar-refractivity contribution in [2.45, 2.75) is 6.54 Å². The van der Waals surface area contributed by atoms with Crippen LogP contribution in [0.4, 0.5) is 5.69 Å². The number of hydrogen-bond acceptors (Lipinski definition) is 2. The number of aromatic nitrogens is 1. The molecule has 0 radical (unpaired) electrons. The van der Waals surface area contributed by atoms with Crippen LogP contribution in [0.3, 0.4) is 0 Å². The predicted molar refractivity (Wildman–Crippen MR) is 79.0 cm³/mol. The summed E-state index contributed by atoms with van der Waals surface area (Å²) >= 11 is 0. The second-order valence-corrected chi connectivity index (χ2v) is 4.56. The van der Waals surface area contributed by atoms with Gasteiger partial charge in [-0.2, -0.15) is 0 Å². The van der Waals surface area contributed by atoms with Crippen molar-refractivity contribution in [2.24, 2.45) is 0 Å². The van der Waals surface area contributed by atoms with Crippen molar-refractivity contribution in [3.05, 3.63) is 65.9 Å². The molecule has 3 N–H and O–H groups in total. The van der Waals surface area contributed by atoms with Gasteiger partial charge in [-0.3, -0.25) is 0 Å². The van der Waals surface area contributed by atoms with Gasteiger partial charge in [0.1, 0.15) is 0 Å². The summed E-state index contributed by atoms with van der Waals surface area (Å²) in [6, 6.07) is 15.0. The number of carboxylic acid groups (broad SMARTS) is 1. The SMILES string of the molecule is O=C(O)c1ccccc1NCc1c[nH]c2ccccc12. The van der Waals surface area contributed by atoms with E-state index < -0.39 is 5.97 Å². The largest absolute Gasteiger partial charge is 0.478 e. The first-order chi connectivity index (χ1) is 9.75. The van der Waals surface area contributed by atoms with Crippen LogP contribution in [0.5, 0.6) is 0 Å². The first-order valence-corrected chi connectivity index (χ1v) is 6.37. The molecule has 0 atom stereocenters. The highest BCUT2D eigenvalue weighted by Crippen LogP contribution is 2.20. The Labute approximate surface area is 116 Å². The maximum absolute atomic E-state index is 11.1. The van der Waals surface area contributed by atoms with Gasteiger partial charge in [0.05, 0.1) is 5.56 Å². The Morgan fingerprint density at radius 2 is 1.85 bits per heavy atom. The summed E-state index contributed by atoms with van der Waals surface area (Å²) in [7, 11) is 0. The van der Waals surface area contributed by atoms with Crippen molar-refractivity contribution in [1.82, 2.24) is 4.98 Å². The Kier molecular flexibility index (Phi) is 3.13. The maximum Gasteiger partial charge on any atom is 0.337 e. The number of fused-ring (bicyclic) bond motifs is 1. The molecule has 0 saturated carbocycles. The minimum atomic E-state index is -0.924. The highest BCUT2D eigenvalue weighted by Gasteiger charge is 2.09. The van der Waals surface area contributed by atoms with Crippen LogP contribution < -0.4 is 5.32 Å². The zero-order valence-electron chi connectivity index (χ0n) is 10.8. The van der Waals surface area contributed by atoms with Gasteiger partial charge in [-0.25, -0.2) is 4.79 Å². The average Bonchev–Trinajstić information content (AvgIpc) is 2.88. The third-order valence-electron chi connectivity index (χ3n) is 3.30. The second-order valence-electron chi connectivity index (χ2n) is 4.56. The van der Waals surface area contributed by atoms with E-state index in [1.54, 1.807) is 18.2 Å². The molecule has 3 rings (SSSR count). The minimum absolute atomic E-state index is 0.285. The number of para-hydroxylation sites is 2. The van der Waals surface area contributed by atoms with Crippen LogP contribution in [-0.2, 0) is 6.54 Å². The third kappa shape index (κ3) is 2.23. The molecule has 0 spiro atoms. The molecule has 100 valence electrons. The molecule has 0 aliphatic heterocycles. The van der Waals surface area contributed by atoms with Crippen LogP contribution in [0, 0.1) is 0 Å². The lowest BCUT2D eigenvalue weighted by atomic mass is 10.1. The van der Waals surface area contributed by atoms with Crippen LogP contribution in [0.2, 0.25) is 0 Å². The van der Waals surface area contributed by atoms with E-state index in [0.717, 1.165) is 16.5 Å². The van der Waals surface area contributed by atoms with E-state index in [1.165, 1.54) is 0 Å². The van der Waals surface area contributed by atoms with E-state index in [0.29, 0.717) is 12.2 Å². The summed E-state index contributed by atoms with van der Waals surface area (Å²) < 4.78 is 0. The van der Waals surface area contributed by atoms with Gasteiger partial charge in [-0.15, -0.1) is 0 Å². The number of carboxylic acids is 1. The molecular formula is C16H14N2O2. The van der Waals surface area contributed by atoms with Gasteiger partial charge in [0.2, 0.25) is 0 Å². The van der Waals surface area contributed by atoms with E-state index in [1.807, 2.05) is 36.5 Å². The third-order valence-corrected chi connectivity index (χ3v) is 3.30. The van der Waals surface area contributed by atoms with Gasteiger partial charge in [-0.05, 0) is 23.8 Å². The number of anilines is 1. The number of H-pyrrole nitrogens is 1. The maximum atomic E-state index is 11.1. The van der Waals surface area contributed by atoms with Gasteiger partial charge in [0, 0.05) is 29.3 Å². The van der Waals surface area contributed by atoms with Crippen molar-refractivity contribution in [3.63, 3.8) is 0 Å². The molecular weight excluding hydrogens is 252 g/mol. The molecule has 3 aromatic rings. The summed E-state index contributed by atoms with van der Waals surface area (Å²) in [5.41, 5.74) is 3.11. The molecule has 1 heterocycles. The van der Waals surface area contributed by atoms with Gasteiger partial charge >= 0.3 is 5.97 Å². The fourth-order valence-corrected chi connectivity index (χ4v) is 2.29. The average molecular weight is 266 g/mol. The van der Waals surface area contributed by atoms with Crippen LogP contribution in [0.15, 0.2) is 54.7 Å². The van der Waals surface area contributed by atoms with Crippen LogP contribution in [0.1, 0.15) is 15.9 Å². The van der Waals surface area contributed by atoms with Crippen molar-refractivity contribution < 1.29 is 9.90 Å². The highest BCUT2D eigenvalue weighted by atomic mass is 16.4. The number of carbonyl (C=O) groups is 1. The van der Waals surface area contributed by atoms with E-state index in [-0.39, 0.29) is 5.56 Å². The molecule has 0 aliphatic carbocycles. The Morgan fingerprint density at radius 1 is 1.10 bits per heavy atom. The topological polar surface area (TPSA) is 65.1 Å². The van der Waals surface area contributed by atoms with E-state index >= 15 is 0 Å². The summed E-state index contributed by atoms with van der Waals surface area (Å²) in [6.45, 7) is 0.578. The number of benzene rings is 2. The van der Waals surface area contributed by atoms with Gasteiger partial charge in [0.25, 0.3) is 0 Å². The molecule has 0 saturated heterocycles. The standard InChI is InChI=1S/C16H14N2O2/c19-16(20)13-6-2-4-8-15(13)18-10-11-9-17-14-7-3-1-5-12(11)14/h1-9,17-18H,10H2,(H,19,20). The van der Waals surface area contributed by atoms with Crippen LogP contribution >= 0.6 is 0 Å². The Bertz CT molecular complexity index is 762. The summed E-state index contributed by atoms with van der Waals surface area (Å²) in [6.07, 6.45) is 1.95. The lowest BCUT2D eigenvalue weighted by Gasteiger charge is -2.08. The van der Waals surface area contributed by atoms with Crippen molar-refractivity contribution in [2.75, 3.05) is 5.32 Å². The lowest BCUT2D eigenvalue weighted by Crippen LogP contribution is -2.05. The number of rotatable bonds is 4. The van der Waals surface area contributed by atoms with Crippen molar-refractivity contribution in [3.8, 4) is 0 Å². The molecule has 0 unspecified atom stereocenters. The monoisotopic (exact) mass is 266 g/mol. The fourth-order valence-electron chi connectivity index (χ4n) is 2.29. The Balaban J connectivity index is 1.85. The lowest BCUT2D eigenvalue weighted by molar-refractivity contribution is 0.0698.